The predicted molar refractivity (Wildman–Crippen MR) is 93.7 cm³/mol. The Kier molecular flexibility index (Phi) is 4.75. The first-order valence-electron chi connectivity index (χ1n) is 7.10. The molecule has 0 amide bonds. The van der Waals surface area contributed by atoms with Gasteiger partial charge in [-0.05, 0) is 37.7 Å². The molecule has 0 aliphatic rings. The van der Waals surface area contributed by atoms with Crippen LogP contribution >= 0.6 is 22.9 Å². The van der Waals surface area contributed by atoms with Crippen molar-refractivity contribution in [2.45, 2.75) is 6.04 Å². The summed E-state index contributed by atoms with van der Waals surface area (Å²) in [4.78, 5) is 11.4. The van der Waals surface area contributed by atoms with Crippen LogP contribution in [-0.2, 0) is 0 Å². The third-order valence-electron chi connectivity index (χ3n) is 3.68. The van der Waals surface area contributed by atoms with E-state index in [1.165, 1.54) is 12.4 Å². The van der Waals surface area contributed by atoms with Gasteiger partial charge in [0.25, 0.3) is 0 Å². The van der Waals surface area contributed by atoms with Gasteiger partial charge in [-0.1, -0.05) is 17.7 Å². The largest absolute Gasteiger partial charge is 0.368 e. The first-order chi connectivity index (χ1) is 11.1. The molecule has 0 aliphatic carbocycles. The molecule has 120 valence electrons. The fourth-order valence-electron chi connectivity index (χ4n) is 2.50. The smallest absolute Gasteiger partial charge is 0.138 e. The Balaban J connectivity index is 1.88. The van der Waals surface area contributed by atoms with Gasteiger partial charge in [0.05, 0.1) is 11.4 Å². The van der Waals surface area contributed by atoms with Gasteiger partial charge in [-0.3, -0.25) is 0 Å². The fraction of sp³-hybridized carbons (Fsp3) is 0.250. The van der Waals surface area contributed by atoms with Crippen molar-refractivity contribution >= 4 is 39.0 Å². The van der Waals surface area contributed by atoms with Gasteiger partial charge in [0.1, 0.15) is 22.8 Å². The van der Waals surface area contributed by atoms with Crippen LogP contribution in [0.15, 0.2) is 36.0 Å². The molecule has 0 spiro atoms. The highest BCUT2D eigenvalue weighted by molar-refractivity contribution is 7.16. The number of fused-ring (bicyclic) bond motifs is 1. The van der Waals surface area contributed by atoms with Crippen molar-refractivity contribution < 1.29 is 4.39 Å². The van der Waals surface area contributed by atoms with Crippen LogP contribution in [0.5, 0.6) is 0 Å². The molecule has 2 heterocycles. The predicted octanol–water partition coefficient (Wildman–Crippen LogP) is 4.20. The highest BCUT2D eigenvalue weighted by atomic mass is 35.5. The minimum absolute atomic E-state index is 0.215. The van der Waals surface area contributed by atoms with Crippen molar-refractivity contribution in [1.82, 2.24) is 14.9 Å². The second-order valence-electron chi connectivity index (χ2n) is 5.36. The Labute approximate surface area is 142 Å². The van der Waals surface area contributed by atoms with E-state index in [4.69, 9.17) is 11.6 Å². The van der Waals surface area contributed by atoms with Crippen molar-refractivity contribution in [3.63, 3.8) is 0 Å². The number of benzene rings is 1. The van der Waals surface area contributed by atoms with E-state index < -0.39 is 0 Å². The average molecular weight is 351 g/mol. The van der Waals surface area contributed by atoms with Crippen LogP contribution in [0.1, 0.15) is 11.6 Å². The normalized spacial score (nSPS) is 12.7. The summed E-state index contributed by atoms with van der Waals surface area (Å²) in [6, 6.07) is 6.51. The second kappa shape index (κ2) is 6.78. The van der Waals surface area contributed by atoms with E-state index in [1.54, 1.807) is 23.5 Å². The molecule has 3 aromatic rings. The van der Waals surface area contributed by atoms with Crippen LogP contribution in [0.25, 0.3) is 10.2 Å². The Morgan fingerprint density at radius 3 is 2.87 bits per heavy atom. The molecule has 0 unspecified atom stereocenters. The minimum Gasteiger partial charge on any atom is -0.368 e. The quantitative estimate of drug-likeness (QED) is 0.748. The first-order valence-corrected chi connectivity index (χ1v) is 8.36. The van der Waals surface area contributed by atoms with Gasteiger partial charge in [-0.2, -0.15) is 0 Å². The number of thiophene rings is 1. The lowest BCUT2D eigenvalue weighted by Gasteiger charge is -2.26. The summed E-state index contributed by atoms with van der Waals surface area (Å²) in [6.07, 6.45) is 1.53. The van der Waals surface area contributed by atoms with Crippen molar-refractivity contribution in [2.75, 3.05) is 26.0 Å². The van der Waals surface area contributed by atoms with E-state index in [-0.39, 0.29) is 11.9 Å². The number of halogens is 2. The standard InChI is InChI=1S/C16H16ClFN4S/c1-22(2)13(14-11(17)4-3-5-12(14)18)8-19-15-10-6-7-23-16(10)21-9-20-15/h3-7,9,13H,8H2,1-2H3,(H,19,20,21)/t13-/m1/s1. The Hall–Kier alpha value is -1.76. The van der Waals surface area contributed by atoms with Gasteiger partial charge < -0.3 is 10.2 Å². The van der Waals surface area contributed by atoms with E-state index in [2.05, 4.69) is 15.3 Å². The Morgan fingerprint density at radius 2 is 2.13 bits per heavy atom. The van der Waals surface area contributed by atoms with Gasteiger partial charge >= 0.3 is 0 Å². The molecule has 0 saturated carbocycles. The minimum atomic E-state index is -0.304. The number of likely N-dealkylation sites (N-methyl/N-ethyl adjacent to an activating group) is 1. The number of hydrogen-bond donors (Lipinski definition) is 1. The highest BCUT2D eigenvalue weighted by Crippen LogP contribution is 2.30. The van der Waals surface area contributed by atoms with Gasteiger partial charge in [0.15, 0.2) is 0 Å². The van der Waals surface area contributed by atoms with E-state index in [0.717, 1.165) is 16.0 Å². The molecular weight excluding hydrogens is 335 g/mol. The summed E-state index contributed by atoms with van der Waals surface area (Å²) in [5, 5.41) is 6.66. The van der Waals surface area contributed by atoms with Crippen molar-refractivity contribution in [1.29, 1.82) is 0 Å². The summed E-state index contributed by atoms with van der Waals surface area (Å²) in [5.74, 6) is 0.442. The lowest BCUT2D eigenvalue weighted by atomic mass is 10.0. The lowest BCUT2D eigenvalue weighted by Crippen LogP contribution is -2.28. The maximum Gasteiger partial charge on any atom is 0.138 e. The molecular formula is C16H16ClFN4S. The van der Waals surface area contributed by atoms with E-state index in [9.17, 15) is 4.39 Å². The third kappa shape index (κ3) is 3.29. The molecule has 0 aliphatic heterocycles. The molecule has 0 bridgehead atoms. The van der Waals surface area contributed by atoms with E-state index in [0.29, 0.717) is 17.1 Å². The van der Waals surface area contributed by atoms with Gasteiger partial charge in [-0.15, -0.1) is 11.3 Å². The molecule has 3 rings (SSSR count). The van der Waals surface area contributed by atoms with Crippen molar-refractivity contribution in [2.24, 2.45) is 0 Å². The number of nitrogens with zero attached hydrogens (tertiary/aromatic N) is 3. The molecule has 1 atom stereocenters. The number of nitrogens with one attached hydrogen (secondary N) is 1. The molecule has 7 heteroatoms. The molecule has 0 saturated heterocycles. The topological polar surface area (TPSA) is 41.0 Å². The molecule has 4 nitrogen and oxygen atoms in total. The first kappa shape index (κ1) is 16.1. The zero-order valence-corrected chi connectivity index (χ0v) is 14.3. The zero-order chi connectivity index (χ0) is 16.4. The maximum atomic E-state index is 14.2. The van der Waals surface area contributed by atoms with Gasteiger partial charge in [0.2, 0.25) is 0 Å². The van der Waals surface area contributed by atoms with Crippen molar-refractivity contribution in [3.8, 4) is 0 Å². The van der Waals surface area contributed by atoms with Crippen LogP contribution in [0.2, 0.25) is 5.02 Å². The van der Waals surface area contributed by atoms with Crippen LogP contribution in [0.3, 0.4) is 0 Å². The van der Waals surface area contributed by atoms with Crippen LogP contribution < -0.4 is 5.32 Å². The maximum absolute atomic E-state index is 14.2. The molecule has 0 radical (unpaired) electrons. The van der Waals surface area contributed by atoms with E-state index in [1.807, 2.05) is 30.4 Å². The average Bonchev–Trinajstić information content (AvgIpc) is 2.99. The summed E-state index contributed by atoms with van der Waals surface area (Å²) in [6.45, 7) is 0.482. The monoisotopic (exact) mass is 350 g/mol. The van der Waals surface area contributed by atoms with E-state index >= 15 is 0 Å². The Morgan fingerprint density at radius 1 is 1.30 bits per heavy atom. The van der Waals surface area contributed by atoms with Gasteiger partial charge in [0, 0.05) is 17.1 Å². The van der Waals surface area contributed by atoms with Crippen LogP contribution in [-0.4, -0.2) is 35.5 Å². The number of aromatic nitrogens is 2. The number of hydrogen-bond acceptors (Lipinski definition) is 5. The van der Waals surface area contributed by atoms with Gasteiger partial charge in [-0.25, -0.2) is 14.4 Å². The fourth-order valence-corrected chi connectivity index (χ4v) is 3.52. The molecule has 2 aromatic heterocycles. The zero-order valence-electron chi connectivity index (χ0n) is 12.8. The molecule has 0 fully saturated rings. The Bertz CT molecular complexity index is 800. The van der Waals surface area contributed by atoms with Crippen LogP contribution in [0, 0.1) is 5.82 Å². The number of rotatable bonds is 5. The second-order valence-corrected chi connectivity index (χ2v) is 6.66. The SMILES string of the molecule is CN(C)[C@H](CNc1ncnc2sccc12)c1c(F)cccc1Cl. The molecule has 1 N–H and O–H groups in total. The number of anilines is 1. The summed E-state index contributed by atoms with van der Waals surface area (Å²) >= 11 is 7.77. The highest BCUT2D eigenvalue weighted by Gasteiger charge is 2.21. The van der Waals surface area contributed by atoms with Crippen molar-refractivity contribution in [3.05, 3.63) is 52.4 Å². The van der Waals surface area contributed by atoms with Crippen LogP contribution in [0.4, 0.5) is 10.2 Å². The molecule has 23 heavy (non-hydrogen) atoms. The summed E-state index contributed by atoms with van der Waals surface area (Å²) in [5.41, 5.74) is 0.488. The molecule has 1 aromatic carbocycles. The third-order valence-corrected chi connectivity index (χ3v) is 4.83. The summed E-state index contributed by atoms with van der Waals surface area (Å²) in [7, 11) is 3.80. The lowest BCUT2D eigenvalue weighted by molar-refractivity contribution is 0.304. The summed E-state index contributed by atoms with van der Waals surface area (Å²) < 4.78 is 14.2.